The largest absolute Gasteiger partial charge is 0.449 e. The molecule has 150 valence electrons. The summed E-state index contributed by atoms with van der Waals surface area (Å²) in [5.41, 5.74) is 1.08. The smallest absolute Gasteiger partial charge is 0.410 e. The van der Waals surface area contributed by atoms with Crippen molar-refractivity contribution in [2.75, 3.05) is 32.8 Å². The maximum atomic E-state index is 13.5. The second-order valence-electron chi connectivity index (χ2n) is 8.20. The zero-order valence-corrected chi connectivity index (χ0v) is 17.9. The van der Waals surface area contributed by atoms with Gasteiger partial charge < -0.3 is 14.5 Å². The zero-order chi connectivity index (χ0) is 19.4. The molecule has 3 rings (SSSR count). The maximum Gasteiger partial charge on any atom is 0.410 e. The van der Waals surface area contributed by atoms with Crippen molar-refractivity contribution in [2.45, 2.75) is 45.6 Å². The molecule has 4 nitrogen and oxygen atoms in total. The van der Waals surface area contributed by atoms with Crippen LogP contribution in [0.15, 0.2) is 22.7 Å². The van der Waals surface area contributed by atoms with Crippen molar-refractivity contribution in [2.24, 2.45) is 11.8 Å². The van der Waals surface area contributed by atoms with Crippen LogP contribution in [-0.4, -0.2) is 54.7 Å². The van der Waals surface area contributed by atoms with Gasteiger partial charge in [0.2, 0.25) is 0 Å². The third-order valence-electron chi connectivity index (χ3n) is 5.83. The summed E-state index contributed by atoms with van der Waals surface area (Å²) < 4.78 is 19.8. The van der Waals surface area contributed by atoms with Gasteiger partial charge in [-0.05, 0) is 88.8 Å². The van der Waals surface area contributed by atoms with Crippen molar-refractivity contribution in [3.05, 3.63) is 34.1 Å². The van der Waals surface area contributed by atoms with E-state index in [1.165, 1.54) is 6.07 Å². The number of hydrogen-bond acceptors (Lipinski definition) is 3. The van der Waals surface area contributed by atoms with Gasteiger partial charge in [-0.2, -0.15) is 0 Å². The zero-order valence-electron chi connectivity index (χ0n) is 16.3. The van der Waals surface area contributed by atoms with E-state index in [0.29, 0.717) is 18.4 Å². The summed E-state index contributed by atoms with van der Waals surface area (Å²) in [6.07, 6.45) is 4.14. The van der Waals surface area contributed by atoms with Gasteiger partial charge in [-0.1, -0.05) is 15.9 Å². The van der Waals surface area contributed by atoms with E-state index in [9.17, 15) is 9.18 Å². The molecule has 0 aromatic heterocycles. The second-order valence-corrected chi connectivity index (χ2v) is 9.06. The maximum absolute atomic E-state index is 13.5. The molecule has 1 aromatic rings. The number of halogens is 2. The minimum atomic E-state index is -0.175. The van der Waals surface area contributed by atoms with Crippen LogP contribution in [0.1, 0.15) is 38.7 Å². The molecular formula is C21H30BrFN2O2. The van der Waals surface area contributed by atoms with Crippen LogP contribution < -0.4 is 0 Å². The number of benzene rings is 1. The van der Waals surface area contributed by atoms with E-state index in [1.807, 2.05) is 18.7 Å². The molecule has 0 saturated carbocycles. The molecule has 2 fully saturated rings. The van der Waals surface area contributed by atoms with Crippen LogP contribution in [0.2, 0.25) is 0 Å². The van der Waals surface area contributed by atoms with Crippen LogP contribution in [0.3, 0.4) is 0 Å². The first-order chi connectivity index (χ1) is 12.9. The van der Waals surface area contributed by atoms with E-state index >= 15 is 0 Å². The number of carbonyl (C=O) groups is 1. The lowest BCUT2D eigenvalue weighted by atomic mass is 9.90. The average molecular weight is 441 g/mol. The number of rotatable bonds is 6. The Morgan fingerprint density at radius 1 is 1.26 bits per heavy atom. The summed E-state index contributed by atoms with van der Waals surface area (Å²) in [5.74, 6) is 0.881. The number of carbonyl (C=O) groups excluding carboxylic acids is 1. The highest BCUT2D eigenvalue weighted by atomic mass is 79.9. The van der Waals surface area contributed by atoms with Crippen LogP contribution >= 0.6 is 15.9 Å². The predicted octanol–water partition coefficient (Wildman–Crippen LogP) is 4.71. The summed E-state index contributed by atoms with van der Waals surface area (Å²) >= 11 is 3.54. The third kappa shape index (κ3) is 5.67. The minimum Gasteiger partial charge on any atom is -0.449 e. The lowest BCUT2D eigenvalue weighted by molar-refractivity contribution is 0.0256. The molecule has 6 heteroatoms. The fourth-order valence-corrected chi connectivity index (χ4v) is 4.47. The molecule has 1 atom stereocenters. The van der Waals surface area contributed by atoms with Gasteiger partial charge >= 0.3 is 6.09 Å². The van der Waals surface area contributed by atoms with Crippen LogP contribution in [0.4, 0.5) is 9.18 Å². The number of likely N-dealkylation sites (tertiary alicyclic amines) is 1. The summed E-state index contributed by atoms with van der Waals surface area (Å²) in [4.78, 5) is 16.1. The van der Waals surface area contributed by atoms with Crippen LogP contribution in [-0.2, 0) is 11.2 Å². The van der Waals surface area contributed by atoms with Crippen LogP contribution in [0.5, 0.6) is 0 Å². The van der Waals surface area contributed by atoms with Gasteiger partial charge in [-0.25, -0.2) is 9.18 Å². The third-order valence-corrected chi connectivity index (χ3v) is 6.61. The predicted molar refractivity (Wildman–Crippen MR) is 108 cm³/mol. The van der Waals surface area contributed by atoms with E-state index in [1.54, 1.807) is 12.1 Å². The molecule has 27 heavy (non-hydrogen) atoms. The van der Waals surface area contributed by atoms with Crippen molar-refractivity contribution in [1.82, 2.24) is 9.80 Å². The molecule has 0 aliphatic carbocycles. The van der Waals surface area contributed by atoms with Crippen LogP contribution in [0, 0.1) is 17.7 Å². The van der Waals surface area contributed by atoms with E-state index < -0.39 is 0 Å². The summed E-state index contributed by atoms with van der Waals surface area (Å²) in [7, 11) is 0. The Balaban J connectivity index is 1.41. The average Bonchev–Trinajstić information content (AvgIpc) is 2.65. The highest BCUT2D eigenvalue weighted by Gasteiger charge is 2.29. The van der Waals surface area contributed by atoms with E-state index in [4.69, 9.17) is 4.74 Å². The number of nitrogens with zero attached hydrogens (tertiary/aromatic N) is 2. The van der Waals surface area contributed by atoms with Gasteiger partial charge in [-0.3, -0.25) is 0 Å². The Morgan fingerprint density at radius 3 is 2.70 bits per heavy atom. The van der Waals surface area contributed by atoms with Crippen molar-refractivity contribution >= 4 is 22.0 Å². The fraction of sp³-hybridized carbons (Fsp3) is 0.667. The van der Waals surface area contributed by atoms with Gasteiger partial charge in [0, 0.05) is 23.0 Å². The highest BCUT2D eigenvalue weighted by Crippen LogP contribution is 2.27. The fourth-order valence-electron chi connectivity index (χ4n) is 4.06. The van der Waals surface area contributed by atoms with E-state index in [-0.39, 0.29) is 18.0 Å². The topological polar surface area (TPSA) is 32.8 Å². The molecule has 1 amide bonds. The molecule has 1 unspecified atom stereocenters. The van der Waals surface area contributed by atoms with Crippen LogP contribution in [0.25, 0.3) is 0 Å². The molecule has 2 aliphatic rings. The molecule has 0 spiro atoms. The first kappa shape index (κ1) is 20.6. The lowest BCUT2D eigenvalue weighted by Crippen LogP contribution is -2.47. The summed E-state index contributed by atoms with van der Waals surface area (Å²) in [6.45, 7) is 8.67. The number of ether oxygens (including phenoxy) is 1. The number of amides is 1. The van der Waals surface area contributed by atoms with Gasteiger partial charge in [0.1, 0.15) is 5.82 Å². The Morgan fingerprint density at radius 2 is 2.00 bits per heavy atom. The standard InChI is InChI=1S/C21H30BrFN2O2/c1-15(2)25-13-17(14-27-21(25)26)7-10-24-8-5-16(6-9-24)11-18-12-19(23)3-4-20(18)22/h3-4,12,15-17H,5-11,13-14H2,1-2H3. The molecule has 2 aliphatic heterocycles. The molecule has 0 bridgehead atoms. The Hall–Kier alpha value is -1.14. The SMILES string of the molecule is CC(C)N1CC(CCN2CCC(Cc3cc(F)ccc3Br)CC2)COC1=O. The van der Waals surface area contributed by atoms with Gasteiger partial charge in [0.15, 0.2) is 0 Å². The Labute approximate surface area is 170 Å². The molecule has 0 radical (unpaired) electrons. The van der Waals surface area contributed by atoms with Gasteiger partial charge in [0.25, 0.3) is 0 Å². The minimum absolute atomic E-state index is 0.158. The van der Waals surface area contributed by atoms with Crippen molar-refractivity contribution in [1.29, 1.82) is 0 Å². The highest BCUT2D eigenvalue weighted by molar-refractivity contribution is 9.10. The summed E-state index contributed by atoms with van der Waals surface area (Å²) in [5, 5.41) is 0. The summed E-state index contributed by atoms with van der Waals surface area (Å²) in [6, 6.07) is 5.15. The van der Waals surface area contributed by atoms with Crippen molar-refractivity contribution < 1.29 is 13.9 Å². The Bertz CT molecular complexity index is 647. The van der Waals surface area contributed by atoms with E-state index in [0.717, 1.165) is 61.9 Å². The van der Waals surface area contributed by atoms with E-state index in [2.05, 4.69) is 20.8 Å². The van der Waals surface area contributed by atoms with Crippen molar-refractivity contribution in [3.63, 3.8) is 0 Å². The number of hydrogen-bond donors (Lipinski definition) is 0. The molecule has 0 N–H and O–H groups in total. The van der Waals surface area contributed by atoms with Gasteiger partial charge in [0.05, 0.1) is 6.61 Å². The second kappa shape index (κ2) is 9.37. The molecule has 2 saturated heterocycles. The van der Waals surface area contributed by atoms with Crippen molar-refractivity contribution in [3.8, 4) is 0 Å². The molecule has 1 aromatic carbocycles. The van der Waals surface area contributed by atoms with Gasteiger partial charge in [-0.15, -0.1) is 0 Å². The first-order valence-corrected chi connectivity index (χ1v) is 10.8. The normalized spacial score (nSPS) is 22.3. The number of cyclic esters (lactones) is 1. The molecule has 2 heterocycles. The molecular weight excluding hydrogens is 411 g/mol. The number of piperidine rings is 1. The quantitative estimate of drug-likeness (QED) is 0.641. The Kier molecular flexibility index (Phi) is 7.15. The lowest BCUT2D eigenvalue weighted by Gasteiger charge is -2.37. The first-order valence-electron chi connectivity index (χ1n) is 10.0. The monoisotopic (exact) mass is 440 g/mol.